The van der Waals surface area contributed by atoms with Gasteiger partial charge in [-0.15, -0.1) is 0 Å². The zero-order valence-corrected chi connectivity index (χ0v) is 21.9. The Kier molecular flexibility index (Phi) is 9.23. The lowest BCUT2D eigenvalue weighted by atomic mass is 9.64. The molecular formula is C25H50OS. The Morgan fingerprint density at radius 2 is 1.11 bits per heavy atom. The van der Waals surface area contributed by atoms with Crippen molar-refractivity contribution < 1.29 is 4.79 Å². The van der Waals surface area contributed by atoms with E-state index in [1.807, 2.05) is 0 Å². The highest BCUT2D eigenvalue weighted by molar-refractivity contribution is 8.14. The first-order valence-corrected chi connectivity index (χ1v) is 11.8. The van der Waals surface area contributed by atoms with Gasteiger partial charge in [-0.05, 0) is 47.3 Å². The molecule has 0 atom stereocenters. The smallest absolute Gasteiger partial charge is 0.195 e. The molecule has 0 aliphatic rings. The van der Waals surface area contributed by atoms with Gasteiger partial charge in [0.05, 0.1) is 0 Å². The van der Waals surface area contributed by atoms with Crippen molar-refractivity contribution in [3.05, 3.63) is 0 Å². The van der Waals surface area contributed by atoms with E-state index < -0.39 is 0 Å². The molecular weight excluding hydrogens is 348 g/mol. The third-order valence-corrected chi connectivity index (χ3v) is 8.04. The van der Waals surface area contributed by atoms with Crippen molar-refractivity contribution in [1.82, 2.24) is 0 Å². The molecule has 0 aromatic heterocycles. The van der Waals surface area contributed by atoms with Crippen LogP contribution >= 0.6 is 11.8 Å². The van der Waals surface area contributed by atoms with Crippen molar-refractivity contribution in [1.29, 1.82) is 0 Å². The molecule has 0 aromatic rings. The molecule has 0 spiro atoms. The Morgan fingerprint density at radius 3 is 1.44 bits per heavy atom. The predicted molar refractivity (Wildman–Crippen MR) is 125 cm³/mol. The van der Waals surface area contributed by atoms with E-state index in [9.17, 15) is 4.79 Å². The van der Waals surface area contributed by atoms with E-state index in [1.54, 1.807) is 11.8 Å². The van der Waals surface area contributed by atoms with Gasteiger partial charge in [-0.1, -0.05) is 109 Å². The normalized spacial score (nSPS) is 14.7. The standard InChI is InChI=1S/C25H50OS/c1-17(2)20(18(3)4)23(9,10)16-25(13,14)27-21(26)24(11,12)15-22(7,8)19(5)6/h17-20H,15-16H2,1-14H3. The minimum absolute atomic E-state index is 0.0537. The van der Waals surface area contributed by atoms with Crippen LogP contribution in [0.15, 0.2) is 0 Å². The van der Waals surface area contributed by atoms with E-state index in [0.717, 1.165) is 12.8 Å². The molecule has 0 heterocycles. The van der Waals surface area contributed by atoms with E-state index in [1.165, 1.54) is 0 Å². The molecule has 0 aliphatic heterocycles. The Labute approximate surface area is 176 Å². The fourth-order valence-corrected chi connectivity index (χ4v) is 6.92. The second-order valence-electron chi connectivity index (χ2n) is 12.5. The first kappa shape index (κ1) is 27.0. The zero-order chi connectivity index (χ0) is 22.0. The summed E-state index contributed by atoms with van der Waals surface area (Å²) in [6.07, 6.45) is 1.99. The Bertz CT molecular complexity index is 473. The average molecular weight is 399 g/mol. The maximum atomic E-state index is 13.3. The maximum absolute atomic E-state index is 13.3. The summed E-state index contributed by atoms with van der Waals surface area (Å²) in [6.45, 7) is 32.1. The molecule has 2 heteroatoms. The van der Waals surface area contributed by atoms with E-state index in [2.05, 4.69) is 96.9 Å². The van der Waals surface area contributed by atoms with Crippen LogP contribution in [0.2, 0.25) is 0 Å². The first-order valence-electron chi connectivity index (χ1n) is 11.0. The van der Waals surface area contributed by atoms with Crippen molar-refractivity contribution >= 4 is 16.9 Å². The number of hydrogen-bond donors (Lipinski definition) is 0. The van der Waals surface area contributed by atoms with Gasteiger partial charge in [0.25, 0.3) is 0 Å². The van der Waals surface area contributed by atoms with Crippen LogP contribution in [0, 0.1) is 39.9 Å². The molecule has 27 heavy (non-hydrogen) atoms. The highest BCUT2D eigenvalue weighted by Crippen LogP contribution is 2.49. The number of hydrogen-bond acceptors (Lipinski definition) is 2. The van der Waals surface area contributed by atoms with Crippen molar-refractivity contribution in [3.63, 3.8) is 0 Å². The van der Waals surface area contributed by atoms with Crippen LogP contribution in [-0.4, -0.2) is 9.86 Å². The lowest BCUT2D eigenvalue weighted by Crippen LogP contribution is -2.39. The topological polar surface area (TPSA) is 17.1 Å². The predicted octanol–water partition coefficient (Wildman–Crippen LogP) is 8.47. The first-order chi connectivity index (χ1) is 11.8. The van der Waals surface area contributed by atoms with E-state index in [-0.39, 0.29) is 21.0 Å². The highest BCUT2D eigenvalue weighted by Gasteiger charge is 2.42. The van der Waals surface area contributed by atoms with Gasteiger partial charge < -0.3 is 0 Å². The Balaban J connectivity index is 5.32. The number of carbonyl (C=O) groups excluding carboxylic acids is 1. The van der Waals surface area contributed by atoms with Crippen LogP contribution < -0.4 is 0 Å². The summed E-state index contributed by atoms with van der Waals surface area (Å²) in [6, 6.07) is 0. The molecule has 0 unspecified atom stereocenters. The summed E-state index contributed by atoms with van der Waals surface area (Å²) in [7, 11) is 0. The lowest BCUT2D eigenvalue weighted by molar-refractivity contribution is -0.120. The Hall–Kier alpha value is 0.0200. The SMILES string of the molecule is CC(C)C(C(C)C)C(C)(C)CC(C)(C)SC(=O)C(C)(C)CC(C)(C)C(C)C. The van der Waals surface area contributed by atoms with Crippen LogP contribution in [0.5, 0.6) is 0 Å². The van der Waals surface area contributed by atoms with Gasteiger partial charge in [0.15, 0.2) is 5.12 Å². The molecule has 162 valence electrons. The largest absolute Gasteiger partial charge is 0.287 e. The fraction of sp³-hybridized carbons (Fsp3) is 0.960. The van der Waals surface area contributed by atoms with Crippen molar-refractivity contribution in [3.8, 4) is 0 Å². The molecule has 0 aliphatic carbocycles. The summed E-state index contributed by atoms with van der Waals surface area (Å²) in [5.74, 6) is 2.53. The van der Waals surface area contributed by atoms with Crippen molar-refractivity contribution in [2.45, 2.75) is 115 Å². The molecule has 0 saturated carbocycles. The summed E-state index contributed by atoms with van der Waals surface area (Å²) in [5, 5.41) is 0.350. The minimum atomic E-state index is -0.296. The molecule has 1 nitrogen and oxygen atoms in total. The summed E-state index contributed by atoms with van der Waals surface area (Å²) >= 11 is 1.59. The summed E-state index contributed by atoms with van der Waals surface area (Å²) < 4.78 is -0.0537. The zero-order valence-electron chi connectivity index (χ0n) is 21.0. The van der Waals surface area contributed by atoms with Crippen LogP contribution in [0.3, 0.4) is 0 Å². The average Bonchev–Trinajstić information content (AvgIpc) is 2.32. The molecule has 0 amide bonds. The fourth-order valence-electron chi connectivity index (χ4n) is 5.63. The number of rotatable bonds is 10. The van der Waals surface area contributed by atoms with Gasteiger partial charge in [0.1, 0.15) is 0 Å². The summed E-state index contributed by atoms with van der Waals surface area (Å²) in [4.78, 5) is 13.3. The third kappa shape index (κ3) is 8.11. The van der Waals surface area contributed by atoms with Gasteiger partial charge in [-0.3, -0.25) is 4.79 Å². The van der Waals surface area contributed by atoms with Crippen molar-refractivity contribution in [2.75, 3.05) is 0 Å². The van der Waals surface area contributed by atoms with Crippen LogP contribution in [0.25, 0.3) is 0 Å². The van der Waals surface area contributed by atoms with E-state index in [0.29, 0.717) is 28.8 Å². The molecule has 0 rings (SSSR count). The van der Waals surface area contributed by atoms with Crippen LogP contribution in [-0.2, 0) is 4.79 Å². The van der Waals surface area contributed by atoms with E-state index >= 15 is 0 Å². The molecule has 0 bridgehead atoms. The van der Waals surface area contributed by atoms with Gasteiger partial charge in [0.2, 0.25) is 0 Å². The minimum Gasteiger partial charge on any atom is -0.287 e. The highest BCUT2D eigenvalue weighted by atomic mass is 32.2. The maximum Gasteiger partial charge on any atom is 0.195 e. The van der Waals surface area contributed by atoms with Gasteiger partial charge in [0, 0.05) is 10.2 Å². The molecule has 0 radical (unpaired) electrons. The number of thioether (sulfide) groups is 1. The third-order valence-electron chi connectivity index (χ3n) is 6.60. The van der Waals surface area contributed by atoms with Crippen molar-refractivity contribution in [2.24, 2.45) is 39.9 Å². The van der Waals surface area contributed by atoms with Gasteiger partial charge >= 0.3 is 0 Å². The molecule has 0 aromatic carbocycles. The van der Waals surface area contributed by atoms with Crippen LogP contribution in [0.4, 0.5) is 0 Å². The second-order valence-corrected chi connectivity index (χ2v) is 14.2. The summed E-state index contributed by atoms with van der Waals surface area (Å²) in [5.41, 5.74) is 0.0827. The second kappa shape index (κ2) is 9.23. The van der Waals surface area contributed by atoms with Gasteiger partial charge in [-0.2, -0.15) is 0 Å². The Morgan fingerprint density at radius 1 is 0.704 bits per heavy atom. The van der Waals surface area contributed by atoms with E-state index in [4.69, 9.17) is 0 Å². The molecule has 0 fully saturated rings. The molecule has 0 N–H and O–H groups in total. The molecule has 0 saturated heterocycles. The quantitative estimate of drug-likeness (QED) is 0.367. The number of carbonyl (C=O) groups is 1. The van der Waals surface area contributed by atoms with Crippen LogP contribution in [0.1, 0.15) is 110 Å². The van der Waals surface area contributed by atoms with Gasteiger partial charge in [-0.25, -0.2) is 0 Å². The monoisotopic (exact) mass is 398 g/mol. The lowest BCUT2D eigenvalue weighted by Gasteiger charge is -2.45.